The normalized spacial score (nSPS) is 10.4. The van der Waals surface area contributed by atoms with Crippen LogP contribution in [0.2, 0.25) is 5.02 Å². The molecule has 0 saturated carbocycles. The maximum atomic E-state index is 11.6. The first kappa shape index (κ1) is 15.7. The lowest BCUT2D eigenvalue weighted by Crippen LogP contribution is -2.39. The Morgan fingerprint density at radius 2 is 2.18 bits per heavy atom. The molecular formula is C16H15ClN2O3. The third-order valence-corrected chi connectivity index (χ3v) is 2.76. The van der Waals surface area contributed by atoms with E-state index in [9.17, 15) is 4.79 Å². The second-order valence-electron chi connectivity index (χ2n) is 4.29. The van der Waals surface area contributed by atoms with Crippen molar-refractivity contribution < 1.29 is 13.9 Å². The average molecular weight is 319 g/mol. The zero-order chi connectivity index (χ0) is 15.8. The Bertz CT molecular complexity index is 666. The molecule has 0 unspecified atom stereocenters. The van der Waals surface area contributed by atoms with Crippen LogP contribution >= 0.6 is 11.6 Å². The van der Waals surface area contributed by atoms with Gasteiger partial charge in [-0.1, -0.05) is 24.2 Å². The number of hydrogen-bond donors (Lipinski definition) is 2. The number of halogens is 1. The molecule has 1 aromatic carbocycles. The molecule has 0 aliphatic carbocycles. The summed E-state index contributed by atoms with van der Waals surface area (Å²) in [5, 5.41) is 0.549. The molecule has 1 aromatic heterocycles. The number of benzene rings is 1. The maximum Gasteiger partial charge on any atom is 0.276 e. The summed E-state index contributed by atoms with van der Waals surface area (Å²) in [5.74, 6) is 0.880. The number of hydrazine groups is 1. The van der Waals surface area contributed by atoms with Gasteiger partial charge in [0.2, 0.25) is 0 Å². The molecule has 2 rings (SSSR count). The number of nitrogens with one attached hydrogen (secondary N) is 2. The van der Waals surface area contributed by atoms with Crippen LogP contribution in [0.4, 0.5) is 0 Å². The molecule has 2 aromatic rings. The zero-order valence-electron chi connectivity index (χ0n) is 11.7. The quantitative estimate of drug-likeness (QED) is 0.608. The number of allylic oxidation sites excluding steroid dienone is 1. The molecule has 1 heterocycles. The minimum absolute atomic E-state index is 0.136. The number of ether oxygens (including phenoxy) is 1. The molecule has 0 bridgehead atoms. The van der Waals surface area contributed by atoms with Crippen molar-refractivity contribution in [2.75, 3.05) is 6.61 Å². The van der Waals surface area contributed by atoms with E-state index in [1.165, 1.54) is 0 Å². The highest BCUT2D eigenvalue weighted by atomic mass is 35.5. The van der Waals surface area contributed by atoms with Crippen LogP contribution in [0, 0.1) is 0 Å². The second-order valence-corrected chi connectivity index (χ2v) is 4.73. The summed E-state index contributed by atoms with van der Waals surface area (Å²) < 4.78 is 10.4. The van der Waals surface area contributed by atoms with E-state index < -0.39 is 0 Å². The molecule has 0 aliphatic rings. The number of carbonyl (C=O) groups is 1. The Kier molecular flexibility index (Phi) is 5.68. The van der Waals surface area contributed by atoms with Crippen molar-refractivity contribution in [1.29, 1.82) is 0 Å². The van der Waals surface area contributed by atoms with E-state index >= 15 is 0 Å². The van der Waals surface area contributed by atoms with Gasteiger partial charge in [0, 0.05) is 10.7 Å². The Hall–Kier alpha value is -2.66. The van der Waals surface area contributed by atoms with Crippen LogP contribution in [-0.4, -0.2) is 12.5 Å². The zero-order valence-corrected chi connectivity index (χ0v) is 12.5. The van der Waals surface area contributed by atoms with Crippen molar-refractivity contribution in [1.82, 2.24) is 10.9 Å². The van der Waals surface area contributed by atoms with Crippen molar-refractivity contribution in [3.63, 3.8) is 0 Å². The van der Waals surface area contributed by atoms with Crippen LogP contribution < -0.4 is 15.6 Å². The van der Waals surface area contributed by atoms with E-state index in [-0.39, 0.29) is 12.5 Å². The van der Waals surface area contributed by atoms with Gasteiger partial charge in [0.05, 0.1) is 6.26 Å². The van der Waals surface area contributed by atoms with Gasteiger partial charge in [-0.15, -0.1) is 0 Å². The number of rotatable bonds is 7. The summed E-state index contributed by atoms with van der Waals surface area (Å²) in [6.45, 7) is 3.61. The first-order valence-corrected chi connectivity index (χ1v) is 6.85. The molecule has 0 atom stereocenters. The molecule has 22 heavy (non-hydrogen) atoms. The van der Waals surface area contributed by atoms with Crippen LogP contribution in [0.5, 0.6) is 5.75 Å². The van der Waals surface area contributed by atoms with Crippen molar-refractivity contribution in [2.45, 2.75) is 0 Å². The van der Waals surface area contributed by atoms with Gasteiger partial charge in [0.25, 0.3) is 5.91 Å². The Balaban J connectivity index is 1.70. The van der Waals surface area contributed by atoms with Crippen LogP contribution in [0.25, 0.3) is 6.08 Å². The van der Waals surface area contributed by atoms with Gasteiger partial charge in [-0.05, 0) is 42.5 Å². The lowest BCUT2D eigenvalue weighted by Gasteiger charge is -2.09. The minimum Gasteiger partial charge on any atom is -0.484 e. The van der Waals surface area contributed by atoms with Gasteiger partial charge in [-0.2, -0.15) is 0 Å². The fourth-order valence-corrected chi connectivity index (χ4v) is 1.68. The monoisotopic (exact) mass is 318 g/mol. The van der Waals surface area contributed by atoms with Crippen molar-refractivity contribution >= 4 is 23.6 Å². The smallest absolute Gasteiger partial charge is 0.276 e. The van der Waals surface area contributed by atoms with Crippen molar-refractivity contribution in [2.24, 2.45) is 0 Å². The van der Waals surface area contributed by atoms with Gasteiger partial charge in [-0.3, -0.25) is 15.6 Å². The van der Waals surface area contributed by atoms with Gasteiger partial charge < -0.3 is 9.15 Å². The summed E-state index contributed by atoms with van der Waals surface area (Å²) >= 11 is 5.82. The highest BCUT2D eigenvalue weighted by Gasteiger charge is 2.02. The van der Waals surface area contributed by atoms with E-state index in [4.69, 9.17) is 20.8 Å². The van der Waals surface area contributed by atoms with Crippen molar-refractivity contribution in [3.8, 4) is 5.75 Å². The van der Waals surface area contributed by atoms with Crippen LogP contribution in [-0.2, 0) is 4.79 Å². The Labute approximate surface area is 133 Å². The lowest BCUT2D eigenvalue weighted by molar-refractivity contribution is -0.123. The van der Waals surface area contributed by atoms with E-state index in [1.807, 2.05) is 0 Å². The van der Waals surface area contributed by atoms with Crippen LogP contribution in [0.15, 0.2) is 65.4 Å². The summed E-state index contributed by atoms with van der Waals surface area (Å²) in [5.41, 5.74) is 5.64. The Morgan fingerprint density at radius 3 is 2.91 bits per heavy atom. The predicted molar refractivity (Wildman–Crippen MR) is 85.1 cm³/mol. The van der Waals surface area contributed by atoms with E-state index in [2.05, 4.69) is 17.4 Å². The molecule has 2 N–H and O–H groups in total. The first-order valence-electron chi connectivity index (χ1n) is 6.47. The van der Waals surface area contributed by atoms with E-state index in [0.29, 0.717) is 22.2 Å². The van der Waals surface area contributed by atoms with Crippen LogP contribution in [0.1, 0.15) is 5.76 Å². The molecule has 0 spiro atoms. The summed E-state index contributed by atoms with van der Waals surface area (Å²) in [6.07, 6.45) is 4.98. The standard InChI is InChI=1S/C16H15ClN2O3/c1-12(7-8-14-6-3-9-21-14)18-19-16(20)11-22-15-5-2-4-13(17)10-15/h2-10,18H,1,11H2,(H,19,20)/b8-7+. The third kappa shape index (κ3) is 5.38. The predicted octanol–water partition coefficient (Wildman–Crippen LogP) is 3.16. The summed E-state index contributed by atoms with van der Waals surface area (Å²) in [7, 11) is 0. The van der Waals surface area contributed by atoms with Gasteiger partial charge in [-0.25, -0.2) is 0 Å². The molecule has 0 fully saturated rings. The third-order valence-electron chi connectivity index (χ3n) is 2.52. The maximum absolute atomic E-state index is 11.6. The highest BCUT2D eigenvalue weighted by molar-refractivity contribution is 6.30. The number of amides is 1. The second kappa shape index (κ2) is 7.95. The van der Waals surface area contributed by atoms with Crippen LogP contribution in [0.3, 0.4) is 0 Å². The molecule has 0 aliphatic heterocycles. The average Bonchev–Trinajstić information content (AvgIpc) is 3.02. The largest absolute Gasteiger partial charge is 0.484 e. The molecule has 114 valence electrons. The lowest BCUT2D eigenvalue weighted by atomic mass is 10.3. The van der Waals surface area contributed by atoms with Gasteiger partial charge in [0.15, 0.2) is 6.61 Å². The molecule has 0 saturated heterocycles. The number of hydrogen-bond acceptors (Lipinski definition) is 4. The first-order chi connectivity index (χ1) is 10.6. The molecule has 0 radical (unpaired) electrons. The van der Waals surface area contributed by atoms with Gasteiger partial charge in [0.1, 0.15) is 11.5 Å². The van der Waals surface area contributed by atoms with Crippen molar-refractivity contribution in [3.05, 3.63) is 71.8 Å². The van der Waals surface area contributed by atoms with Gasteiger partial charge >= 0.3 is 0 Å². The fraction of sp³-hybridized carbons (Fsp3) is 0.0625. The minimum atomic E-state index is -0.340. The molecule has 6 heteroatoms. The topological polar surface area (TPSA) is 63.5 Å². The van der Waals surface area contributed by atoms with E-state index in [1.54, 1.807) is 54.8 Å². The Morgan fingerprint density at radius 1 is 1.32 bits per heavy atom. The fourth-order valence-electron chi connectivity index (χ4n) is 1.50. The number of carbonyl (C=O) groups excluding carboxylic acids is 1. The molecular weight excluding hydrogens is 304 g/mol. The SMILES string of the molecule is C=C(/C=C/c1ccco1)NNC(=O)COc1cccc(Cl)c1. The molecule has 1 amide bonds. The summed E-state index contributed by atoms with van der Waals surface area (Å²) in [6, 6.07) is 10.4. The van der Waals surface area contributed by atoms with E-state index in [0.717, 1.165) is 0 Å². The molecule has 5 nitrogen and oxygen atoms in total. The highest BCUT2D eigenvalue weighted by Crippen LogP contribution is 2.16. The number of furan rings is 1. The summed E-state index contributed by atoms with van der Waals surface area (Å²) in [4.78, 5) is 11.6.